The molecule has 8 heteroatoms. The molecule has 2 saturated heterocycles. The first-order chi connectivity index (χ1) is 13.0. The van der Waals surface area contributed by atoms with Gasteiger partial charge in [0, 0.05) is 20.1 Å². The van der Waals surface area contributed by atoms with E-state index >= 15 is 0 Å². The van der Waals surface area contributed by atoms with Crippen molar-refractivity contribution in [3.05, 3.63) is 0 Å². The lowest BCUT2D eigenvalue weighted by Gasteiger charge is -2.40. The summed E-state index contributed by atoms with van der Waals surface area (Å²) in [5.74, 6) is -0.228. The monoisotopic (exact) mass is 396 g/mol. The predicted octanol–water partition coefficient (Wildman–Crippen LogP) is 2.30. The van der Waals surface area contributed by atoms with Crippen LogP contribution in [0.5, 0.6) is 0 Å². The van der Waals surface area contributed by atoms with Crippen LogP contribution < -0.4 is 10.6 Å². The average molecular weight is 396 g/mol. The van der Waals surface area contributed by atoms with Crippen molar-refractivity contribution in [2.24, 2.45) is 5.92 Å². The largest absolute Gasteiger partial charge is 0.457 e. The van der Waals surface area contributed by atoms with Crippen molar-refractivity contribution in [3.8, 4) is 0 Å². The second kappa shape index (κ2) is 9.14. The molecule has 0 bridgehead atoms. The number of hydrogen-bond acceptors (Lipinski definition) is 5. The molecule has 0 aliphatic carbocycles. The van der Waals surface area contributed by atoms with Gasteiger partial charge in [0.15, 0.2) is 0 Å². The highest BCUT2D eigenvalue weighted by atomic mass is 16.7. The highest BCUT2D eigenvalue weighted by molar-refractivity contribution is 6.45. The molecule has 0 spiro atoms. The van der Waals surface area contributed by atoms with Gasteiger partial charge in [-0.05, 0) is 59.2 Å². The number of amides is 2. The van der Waals surface area contributed by atoms with E-state index in [-0.39, 0.29) is 42.7 Å². The van der Waals surface area contributed by atoms with E-state index in [0.717, 1.165) is 25.6 Å². The molecule has 160 valence electrons. The molecule has 2 rings (SSSR count). The van der Waals surface area contributed by atoms with Crippen LogP contribution in [0, 0.1) is 5.92 Å². The number of hydrogen-bond donors (Lipinski definition) is 2. The lowest BCUT2D eigenvalue weighted by molar-refractivity contribution is -0.141. The van der Waals surface area contributed by atoms with E-state index in [9.17, 15) is 9.59 Å². The average Bonchev–Trinajstić information content (AvgIpc) is 2.80. The molecule has 2 aliphatic rings. The SMILES string of the molecule is CCCCNC(=O)C1(NC(C)=O)COCC(CCB2OC(C)(C)C(C)(C)O2)C1. The number of rotatable bonds is 8. The highest BCUT2D eigenvalue weighted by Crippen LogP contribution is 2.39. The van der Waals surface area contributed by atoms with Gasteiger partial charge in [0.05, 0.1) is 17.8 Å². The molecule has 2 atom stereocenters. The zero-order chi connectivity index (χ0) is 21.0. The van der Waals surface area contributed by atoms with E-state index in [0.29, 0.717) is 19.6 Å². The van der Waals surface area contributed by atoms with E-state index in [4.69, 9.17) is 14.0 Å². The molecule has 7 nitrogen and oxygen atoms in total. The molecule has 0 aromatic rings. The van der Waals surface area contributed by atoms with Crippen LogP contribution in [0.25, 0.3) is 0 Å². The molecule has 0 saturated carbocycles. The summed E-state index contributed by atoms with van der Waals surface area (Å²) in [4.78, 5) is 24.6. The van der Waals surface area contributed by atoms with Gasteiger partial charge in [0.1, 0.15) is 5.54 Å². The van der Waals surface area contributed by atoms with E-state index in [1.165, 1.54) is 6.92 Å². The van der Waals surface area contributed by atoms with Crippen LogP contribution in [-0.4, -0.2) is 55.4 Å². The van der Waals surface area contributed by atoms with E-state index in [2.05, 4.69) is 17.6 Å². The Kier molecular flexibility index (Phi) is 7.56. The van der Waals surface area contributed by atoms with Crippen LogP contribution in [0.15, 0.2) is 0 Å². The van der Waals surface area contributed by atoms with Gasteiger partial charge >= 0.3 is 7.12 Å². The first-order valence-electron chi connectivity index (χ1n) is 10.5. The van der Waals surface area contributed by atoms with Crippen LogP contribution in [0.3, 0.4) is 0 Å². The van der Waals surface area contributed by atoms with Crippen molar-refractivity contribution in [2.75, 3.05) is 19.8 Å². The second-order valence-corrected chi connectivity index (χ2v) is 9.22. The lowest BCUT2D eigenvalue weighted by atomic mass is 9.75. The summed E-state index contributed by atoms with van der Waals surface area (Å²) < 4.78 is 17.9. The number of unbranched alkanes of at least 4 members (excludes halogenated alkanes) is 1. The van der Waals surface area contributed by atoms with Gasteiger partial charge in [-0.2, -0.15) is 0 Å². The molecule has 28 heavy (non-hydrogen) atoms. The molecule has 2 fully saturated rings. The Balaban J connectivity index is 1.97. The molecule has 2 unspecified atom stereocenters. The van der Waals surface area contributed by atoms with Gasteiger partial charge in [-0.25, -0.2) is 0 Å². The zero-order valence-corrected chi connectivity index (χ0v) is 18.4. The van der Waals surface area contributed by atoms with Gasteiger partial charge in [-0.3, -0.25) is 9.59 Å². The topological polar surface area (TPSA) is 85.9 Å². The summed E-state index contributed by atoms with van der Waals surface area (Å²) in [5.41, 5.74) is -1.70. The van der Waals surface area contributed by atoms with Gasteiger partial charge < -0.3 is 24.7 Å². The van der Waals surface area contributed by atoms with Crippen molar-refractivity contribution in [1.29, 1.82) is 0 Å². The first-order valence-corrected chi connectivity index (χ1v) is 10.5. The minimum absolute atomic E-state index is 0.150. The maximum Gasteiger partial charge on any atom is 0.457 e. The molecule has 2 amide bonds. The molecular weight excluding hydrogens is 359 g/mol. The number of nitrogens with one attached hydrogen (secondary N) is 2. The Morgan fingerprint density at radius 3 is 2.36 bits per heavy atom. The van der Waals surface area contributed by atoms with Crippen molar-refractivity contribution in [3.63, 3.8) is 0 Å². The molecular formula is C20H37BN2O5. The normalized spacial score (nSPS) is 28.8. The minimum Gasteiger partial charge on any atom is -0.403 e. The Hall–Kier alpha value is -1.12. The molecule has 2 aliphatic heterocycles. The van der Waals surface area contributed by atoms with E-state index < -0.39 is 5.54 Å². The summed E-state index contributed by atoms with van der Waals surface area (Å²) in [7, 11) is -0.263. The fourth-order valence-electron chi connectivity index (χ4n) is 3.84. The van der Waals surface area contributed by atoms with Crippen LogP contribution in [-0.2, 0) is 23.6 Å². The van der Waals surface area contributed by atoms with Gasteiger partial charge in [0.25, 0.3) is 0 Å². The molecule has 0 aromatic carbocycles. The second-order valence-electron chi connectivity index (χ2n) is 9.22. The molecule has 2 heterocycles. The van der Waals surface area contributed by atoms with Crippen molar-refractivity contribution in [1.82, 2.24) is 10.6 Å². The smallest absolute Gasteiger partial charge is 0.403 e. The minimum atomic E-state index is -1.00. The van der Waals surface area contributed by atoms with Gasteiger partial charge in [-0.15, -0.1) is 0 Å². The first kappa shape index (κ1) is 23.2. The third-order valence-corrected chi connectivity index (χ3v) is 6.12. The maximum atomic E-state index is 12.9. The van der Waals surface area contributed by atoms with Crippen molar-refractivity contribution < 1.29 is 23.6 Å². The Morgan fingerprint density at radius 2 is 1.79 bits per heavy atom. The lowest BCUT2D eigenvalue weighted by Crippen LogP contribution is -2.64. The number of ether oxygens (including phenoxy) is 1. The fourth-order valence-corrected chi connectivity index (χ4v) is 3.84. The fraction of sp³-hybridized carbons (Fsp3) is 0.900. The van der Waals surface area contributed by atoms with Gasteiger partial charge in [-0.1, -0.05) is 13.3 Å². The van der Waals surface area contributed by atoms with E-state index in [1.807, 2.05) is 27.7 Å². The van der Waals surface area contributed by atoms with Crippen LogP contribution in [0.1, 0.15) is 67.2 Å². The standard InChI is InChI=1S/C20H37BN2O5/c1-7-8-11-22-17(25)20(23-15(2)24)12-16(13-26-14-20)9-10-21-27-18(3,4)19(5,6)28-21/h16H,7-14H2,1-6H3,(H,22,25)(H,23,24). The third kappa shape index (κ3) is 5.48. The summed E-state index contributed by atoms with van der Waals surface area (Å²) in [6.07, 6.45) is 4.01. The summed E-state index contributed by atoms with van der Waals surface area (Å²) in [6, 6.07) is 0. The Labute approximate surface area is 169 Å². The number of carbonyl (C=O) groups is 2. The summed E-state index contributed by atoms with van der Waals surface area (Å²) in [5, 5.41) is 5.82. The quantitative estimate of drug-likeness (QED) is 0.486. The summed E-state index contributed by atoms with van der Waals surface area (Å²) in [6.45, 7) is 13.1. The van der Waals surface area contributed by atoms with Crippen LogP contribution in [0.2, 0.25) is 6.32 Å². The third-order valence-electron chi connectivity index (χ3n) is 6.12. The van der Waals surface area contributed by atoms with Crippen molar-refractivity contribution >= 4 is 18.9 Å². The zero-order valence-electron chi connectivity index (χ0n) is 18.4. The maximum absolute atomic E-state index is 12.9. The number of carbonyl (C=O) groups excluding carboxylic acids is 2. The summed E-state index contributed by atoms with van der Waals surface area (Å²) >= 11 is 0. The van der Waals surface area contributed by atoms with E-state index in [1.54, 1.807) is 0 Å². The molecule has 0 radical (unpaired) electrons. The van der Waals surface area contributed by atoms with Crippen LogP contribution >= 0.6 is 0 Å². The van der Waals surface area contributed by atoms with Gasteiger partial charge in [0.2, 0.25) is 11.8 Å². The Bertz CT molecular complexity index is 553. The van der Waals surface area contributed by atoms with Crippen molar-refractivity contribution in [2.45, 2.75) is 90.3 Å². The highest BCUT2D eigenvalue weighted by Gasteiger charge is 2.51. The van der Waals surface area contributed by atoms with Crippen LogP contribution in [0.4, 0.5) is 0 Å². The molecule has 0 aromatic heterocycles. The Morgan fingerprint density at radius 1 is 1.14 bits per heavy atom. The predicted molar refractivity (Wildman–Crippen MR) is 109 cm³/mol. The molecule has 2 N–H and O–H groups in total.